The van der Waals surface area contributed by atoms with Crippen molar-refractivity contribution in [3.8, 4) is 11.1 Å². The first kappa shape index (κ1) is 24.0. The van der Waals surface area contributed by atoms with E-state index >= 15 is 0 Å². The number of rotatable bonds is 7. The monoisotopic (exact) mass is 480 g/mol. The zero-order chi connectivity index (χ0) is 24.6. The van der Waals surface area contributed by atoms with E-state index in [0.717, 1.165) is 66.8 Å². The molecule has 1 saturated heterocycles. The minimum absolute atomic E-state index is 0.0844. The van der Waals surface area contributed by atoms with Gasteiger partial charge in [0.25, 0.3) is 0 Å². The van der Waals surface area contributed by atoms with Crippen molar-refractivity contribution in [2.75, 3.05) is 37.0 Å². The Morgan fingerprint density at radius 2 is 2.03 bits per heavy atom. The second-order valence-electron chi connectivity index (χ2n) is 10.4. The van der Waals surface area contributed by atoms with Gasteiger partial charge in [0.2, 0.25) is 5.95 Å². The second kappa shape index (κ2) is 9.72. The van der Waals surface area contributed by atoms with Crippen molar-refractivity contribution >= 4 is 17.3 Å². The summed E-state index contributed by atoms with van der Waals surface area (Å²) < 4.78 is 7.27. The number of nitrogens with zero attached hydrogens (tertiary/aromatic N) is 5. The molecule has 1 aliphatic carbocycles. The van der Waals surface area contributed by atoms with Gasteiger partial charge in [0.05, 0.1) is 30.0 Å². The Kier molecular flexibility index (Phi) is 6.65. The molecule has 0 amide bonds. The Bertz CT molecular complexity index is 1170. The molecule has 188 valence electrons. The molecule has 3 aromatic heterocycles. The van der Waals surface area contributed by atoms with Gasteiger partial charge in [-0.3, -0.25) is 0 Å². The van der Waals surface area contributed by atoms with Crippen LogP contribution < -0.4 is 10.2 Å². The molecule has 2 aliphatic rings. The average molecular weight is 481 g/mol. The molecule has 2 atom stereocenters. The number of anilines is 2. The number of β-amino-alcohol motifs (C(OH)–C–C–N with tert-alkyl or cyclic N) is 1. The fraction of sp³-hybridized carbons (Fsp3) is 0.577. The Balaban J connectivity index is 1.53. The third-order valence-corrected chi connectivity index (χ3v) is 7.28. The van der Waals surface area contributed by atoms with E-state index in [9.17, 15) is 10.2 Å². The van der Waals surface area contributed by atoms with Gasteiger partial charge >= 0.3 is 0 Å². The number of ether oxygens (including phenoxy) is 1. The van der Waals surface area contributed by atoms with Crippen molar-refractivity contribution in [2.45, 2.75) is 69.6 Å². The van der Waals surface area contributed by atoms with Crippen LogP contribution >= 0.6 is 0 Å². The Morgan fingerprint density at radius 3 is 2.74 bits per heavy atom. The van der Waals surface area contributed by atoms with Crippen LogP contribution in [0.15, 0.2) is 30.6 Å². The quantitative estimate of drug-likeness (QED) is 0.473. The molecule has 1 aliphatic heterocycles. The predicted molar refractivity (Wildman–Crippen MR) is 136 cm³/mol. The van der Waals surface area contributed by atoms with Gasteiger partial charge in [0.1, 0.15) is 5.82 Å². The molecule has 0 spiro atoms. The summed E-state index contributed by atoms with van der Waals surface area (Å²) in [5.74, 6) is 1.76. The molecule has 35 heavy (non-hydrogen) atoms. The number of hydrogen-bond donors (Lipinski definition) is 3. The van der Waals surface area contributed by atoms with Crippen LogP contribution in [0.4, 0.5) is 11.8 Å². The summed E-state index contributed by atoms with van der Waals surface area (Å²) in [7, 11) is 1.68. The maximum absolute atomic E-state index is 10.4. The highest BCUT2D eigenvalue weighted by molar-refractivity contribution is 5.82. The van der Waals surface area contributed by atoms with Crippen molar-refractivity contribution in [1.82, 2.24) is 19.6 Å². The van der Waals surface area contributed by atoms with Gasteiger partial charge in [-0.15, -0.1) is 5.10 Å². The number of aliphatic hydroxyl groups is 2. The molecule has 5 rings (SSSR count). The first-order valence-corrected chi connectivity index (χ1v) is 12.6. The van der Waals surface area contributed by atoms with Crippen LogP contribution in [0.25, 0.3) is 16.6 Å². The van der Waals surface area contributed by atoms with Crippen molar-refractivity contribution in [3.63, 3.8) is 0 Å². The van der Waals surface area contributed by atoms with Crippen LogP contribution in [0.1, 0.15) is 57.6 Å². The van der Waals surface area contributed by atoms with E-state index in [1.54, 1.807) is 7.11 Å². The lowest BCUT2D eigenvalue weighted by molar-refractivity contribution is 0.0839. The Morgan fingerprint density at radius 1 is 1.23 bits per heavy atom. The minimum atomic E-state index is -0.684. The van der Waals surface area contributed by atoms with E-state index in [4.69, 9.17) is 9.84 Å². The smallest absolute Gasteiger partial charge is 0.241 e. The standard InChI is InChI=1S/C26H36N6O3/c1-17(15-35-3)29-25-28-14-23-21(13-22(32(23)30-25)18-4-6-20(33)7-5-18)19-8-10-27-24(12-19)31-11-9-26(2,34)16-31/h8,10,12-14,17-18,20,33-34H,4-7,9,11,15-16H2,1-3H3,(H,29,30)/t17-,18?,20?,26?/m0/s1. The van der Waals surface area contributed by atoms with E-state index in [2.05, 4.69) is 32.3 Å². The molecule has 9 heteroatoms. The molecule has 9 nitrogen and oxygen atoms in total. The van der Waals surface area contributed by atoms with Crippen molar-refractivity contribution in [2.24, 2.45) is 0 Å². The third-order valence-electron chi connectivity index (χ3n) is 7.28. The van der Waals surface area contributed by atoms with Gasteiger partial charge in [0.15, 0.2) is 0 Å². The number of nitrogens with one attached hydrogen (secondary N) is 1. The Hall–Kier alpha value is -2.75. The summed E-state index contributed by atoms with van der Waals surface area (Å²) in [6.45, 7) is 5.84. The van der Waals surface area contributed by atoms with Crippen molar-refractivity contribution in [3.05, 3.63) is 36.3 Å². The highest BCUT2D eigenvalue weighted by Crippen LogP contribution is 2.38. The fourth-order valence-electron chi connectivity index (χ4n) is 5.39. The molecule has 0 radical (unpaired) electrons. The van der Waals surface area contributed by atoms with E-state index in [-0.39, 0.29) is 12.1 Å². The summed E-state index contributed by atoms with van der Waals surface area (Å²) in [5, 5.41) is 28.7. The first-order valence-electron chi connectivity index (χ1n) is 12.6. The molecule has 0 aromatic carbocycles. The lowest BCUT2D eigenvalue weighted by Crippen LogP contribution is -2.29. The third kappa shape index (κ3) is 5.12. The average Bonchev–Trinajstić information content (AvgIpc) is 3.40. The Labute approximate surface area is 206 Å². The van der Waals surface area contributed by atoms with Crippen LogP contribution in [0.5, 0.6) is 0 Å². The summed E-state index contributed by atoms with van der Waals surface area (Å²) in [6.07, 6.45) is 7.72. The topological polar surface area (TPSA) is 108 Å². The number of pyridine rings is 1. The van der Waals surface area contributed by atoms with Crippen LogP contribution in [0, 0.1) is 0 Å². The molecule has 2 fully saturated rings. The highest BCUT2D eigenvalue weighted by atomic mass is 16.5. The van der Waals surface area contributed by atoms with Gasteiger partial charge in [-0.2, -0.15) is 0 Å². The second-order valence-corrected chi connectivity index (χ2v) is 10.4. The molecular weight excluding hydrogens is 444 g/mol. The summed E-state index contributed by atoms with van der Waals surface area (Å²) in [4.78, 5) is 11.3. The summed E-state index contributed by atoms with van der Waals surface area (Å²) in [5.41, 5.74) is 3.53. The number of methoxy groups -OCH3 is 1. The SMILES string of the molecule is COC[C@H](C)Nc1ncc2c(-c3ccnc(N4CCC(C)(O)C4)c3)cc(C3CCC(O)CC3)n2n1. The summed E-state index contributed by atoms with van der Waals surface area (Å²) in [6, 6.07) is 6.43. The van der Waals surface area contributed by atoms with E-state index in [1.807, 2.05) is 36.8 Å². The van der Waals surface area contributed by atoms with E-state index in [1.165, 1.54) is 0 Å². The fourth-order valence-corrected chi connectivity index (χ4v) is 5.39. The normalized spacial score (nSPS) is 25.8. The van der Waals surface area contributed by atoms with Crippen molar-refractivity contribution in [1.29, 1.82) is 0 Å². The number of hydrogen-bond acceptors (Lipinski definition) is 8. The molecule has 3 aromatic rings. The number of aliphatic hydroxyl groups excluding tert-OH is 1. The highest BCUT2D eigenvalue weighted by Gasteiger charge is 2.32. The maximum atomic E-state index is 10.4. The molecule has 4 heterocycles. The number of aromatic nitrogens is 4. The lowest BCUT2D eigenvalue weighted by atomic mass is 9.85. The van der Waals surface area contributed by atoms with Gasteiger partial charge in [-0.05, 0) is 69.7 Å². The maximum Gasteiger partial charge on any atom is 0.241 e. The van der Waals surface area contributed by atoms with Crippen LogP contribution in [0.3, 0.4) is 0 Å². The van der Waals surface area contributed by atoms with Gasteiger partial charge in [-0.25, -0.2) is 14.5 Å². The molecule has 3 N–H and O–H groups in total. The zero-order valence-electron chi connectivity index (χ0n) is 20.8. The van der Waals surface area contributed by atoms with E-state index in [0.29, 0.717) is 25.0 Å². The molecule has 0 bridgehead atoms. The van der Waals surface area contributed by atoms with Gasteiger partial charge in [-0.1, -0.05) is 0 Å². The van der Waals surface area contributed by atoms with Gasteiger partial charge in [0, 0.05) is 49.6 Å². The molecular formula is C26H36N6O3. The van der Waals surface area contributed by atoms with Crippen LogP contribution in [-0.2, 0) is 4.74 Å². The van der Waals surface area contributed by atoms with Crippen LogP contribution in [0.2, 0.25) is 0 Å². The first-order chi connectivity index (χ1) is 16.8. The van der Waals surface area contributed by atoms with Crippen molar-refractivity contribution < 1.29 is 14.9 Å². The summed E-state index contributed by atoms with van der Waals surface area (Å²) >= 11 is 0. The molecule has 1 saturated carbocycles. The molecule has 1 unspecified atom stereocenters. The predicted octanol–water partition coefficient (Wildman–Crippen LogP) is 3.22. The van der Waals surface area contributed by atoms with Gasteiger partial charge < -0.3 is 25.2 Å². The lowest BCUT2D eigenvalue weighted by Gasteiger charge is -2.25. The minimum Gasteiger partial charge on any atom is -0.393 e. The zero-order valence-corrected chi connectivity index (χ0v) is 20.8. The number of fused-ring (bicyclic) bond motifs is 1. The van der Waals surface area contributed by atoms with E-state index < -0.39 is 5.60 Å². The van der Waals surface area contributed by atoms with Crippen LogP contribution in [-0.4, -0.2) is 74.3 Å². The largest absolute Gasteiger partial charge is 0.393 e.